The fourth-order valence-electron chi connectivity index (χ4n) is 0. The Labute approximate surface area is 74.0 Å². The van der Waals surface area contributed by atoms with Crippen LogP contribution >= 0.6 is 0 Å². The summed E-state index contributed by atoms with van der Waals surface area (Å²) >= 11 is -5.00. The molecule has 0 aromatic heterocycles. The van der Waals surface area contributed by atoms with Crippen molar-refractivity contribution in [1.82, 2.24) is 0 Å². The van der Waals surface area contributed by atoms with E-state index in [0.717, 1.165) is 0 Å². The Morgan fingerprint density at radius 1 is 0.857 bits per heavy atom. The third-order valence-corrected chi connectivity index (χ3v) is 0. The summed E-state index contributed by atoms with van der Waals surface area (Å²) in [5, 5.41) is 0. The molecule has 0 saturated carbocycles. The van der Waals surface area contributed by atoms with Gasteiger partial charge in [0.1, 0.15) is 0 Å². The van der Waals surface area contributed by atoms with E-state index in [4.69, 9.17) is 14.8 Å². The van der Waals surface area contributed by atoms with Crippen LogP contribution in [0.15, 0.2) is 0 Å². The van der Waals surface area contributed by atoms with Crippen LogP contribution in [0, 0.1) is 0 Å². The Balaban J connectivity index is -0.0000000800. The molecule has 0 atom stereocenters. The van der Waals surface area contributed by atoms with Gasteiger partial charge in [0.15, 0.2) is 0 Å². The van der Waals surface area contributed by atoms with E-state index < -0.39 is 18.1 Å². The van der Waals surface area contributed by atoms with Crippen molar-refractivity contribution in [3.8, 4) is 0 Å². The van der Waals surface area contributed by atoms with E-state index in [1.54, 1.807) is 0 Å². The molecular formula is H7CrO4SbTi. The van der Waals surface area contributed by atoms with E-state index in [-0.39, 0.29) is 41.8 Å². The van der Waals surface area contributed by atoms with Crippen molar-refractivity contribution < 1.29 is 50.3 Å². The molecule has 0 aromatic rings. The van der Waals surface area contributed by atoms with Crippen LogP contribution in [0.5, 0.6) is 0 Å². The molecular weight excluding hydrogens is 286 g/mol. The summed E-state index contributed by atoms with van der Waals surface area (Å²) in [6.07, 6.45) is 0. The van der Waals surface area contributed by atoms with Gasteiger partial charge >= 0.3 is 57.3 Å². The molecule has 0 saturated heterocycles. The predicted octanol–water partition coefficient (Wildman–Crippen LogP) is -3.42. The minimum absolute atomic E-state index is 0. The molecule has 0 fully saturated rings. The number of hydrogen-bond acceptors (Lipinski definition) is 4. The van der Waals surface area contributed by atoms with Crippen LogP contribution in [0.1, 0.15) is 0 Å². The van der Waals surface area contributed by atoms with Gasteiger partial charge in [0, 0.05) is 17.4 Å². The van der Waals surface area contributed by atoms with E-state index in [2.05, 4.69) is 0 Å². The molecule has 0 aliphatic rings. The first kappa shape index (κ1) is 16.0. The molecule has 7 heteroatoms. The average molecular weight is 293 g/mol. The fourth-order valence-corrected chi connectivity index (χ4v) is 0. The molecule has 0 radical (unpaired) electrons. The summed E-state index contributed by atoms with van der Waals surface area (Å²) in [5.74, 6) is 0. The molecule has 0 bridgehead atoms. The second-order valence-corrected chi connectivity index (χ2v) is 2.47. The van der Waals surface area contributed by atoms with Crippen molar-refractivity contribution in [2.75, 3.05) is 0 Å². The van der Waals surface area contributed by atoms with Gasteiger partial charge in [-0.15, -0.1) is 0 Å². The molecule has 7 heavy (non-hydrogen) atoms. The van der Waals surface area contributed by atoms with Crippen LogP contribution in [-0.4, -0.2) is 39.2 Å². The molecule has 0 aliphatic carbocycles. The zero-order chi connectivity index (χ0) is 4.50. The molecule has 4 nitrogen and oxygen atoms in total. The van der Waals surface area contributed by atoms with E-state index in [0.29, 0.717) is 0 Å². The van der Waals surface area contributed by atoms with Crippen LogP contribution in [0.25, 0.3) is 0 Å². The topological polar surface area (TPSA) is 80.9 Å². The van der Waals surface area contributed by atoms with Crippen LogP contribution in [0.2, 0.25) is 0 Å². The summed E-state index contributed by atoms with van der Waals surface area (Å²) in [6, 6.07) is 0. The molecule has 0 unspecified atom stereocenters. The van der Waals surface area contributed by atoms with Gasteiger partial charge in [0.05, 0.1) is 0 Å². The van der Waals surface area contributed by atoms with Crippen molar-refractivity contribution in [2.45, 2.75) is 0 Å². The third-order valence-electron chi connectivity index (χ3n) is 0. The summed E-state index contributed by atoms with van der Waals surface area (Å²) in [6.45, 7) is 0. The van der Waals surface area contributed by atoms with Crippen molar-refractivity contribution >= 4 is 24.4 Å². The third kappa shape index (κ3) is 76.0. The normalized spacial score (nSPS) is 8.57. The Hall–Kier alpha value is 1.90. The van der Waals surface area contributed by atoms with Gasteiger partial charge in [-0.3, -0.25) is 0 Å². The molecule has 0 rings (SSSR count). The Bertz CT molecular complexity index is 27.2. The second-order valence-electron chi connectivity index (χ2n) is 0.600. The van der Waals surface area contributed by atoms with Gasteiger partial charge in [-0.2, -0.15) is 0 Å². The molecule has 0 aliphatic heterocycles. The maximum absolute atomic E-state index is 7.38. The van der Waals surface area contributed by atoms with Gasteiger partial charge < -0.3 is 0 Å². The zero-order valence-corrected chi connectivity index (χ0v) is 10.3. The van der Waals surface area contributed by atoms with E-state index in [9.17, 15) is 0 Å². The zero-order valence-electron chi connectivity index (χ0n) is 3.40. The van der Waals surface area contributed by atoms with Crippen molar-refractivity contribution in [3.05, 3.63) is 0 Å². The molecule has 0 amide bonds. The van der Waals surface area contributed by atoms with Crippen LogP contribution < -0.4 is 0 Å². The SMILES string of the molecule is [Cr].[OH][Ti]([OH])([OH])[OH].[SbH3]. The van der Waals surface area contributed by atoms with Crippen LogP contribution in [0.3, 0.4) is 0 Å². The average Bonchev–Trinajstić information content (AvgIpc) is 0.722. The first-order valence-corrected chi connectivity index (χ1v) is 3.69. The molecule has 4 N–H and O–H groups in total. The van der Waals surface area contributed by atoms with Crippen LogP contribution in [0.4, 0.5) is 0 Å². The van der Waals surface area contributed by atoms with Gasteiger partial charge in [-0.25, -0.2) is 0 Å². The fraction of sp³-hybridized carbons (Fsp3) is 0. The van der Waals surface area contributed by atoms with Crippen LogP contribution in [-0.2, 0) is 35.5 Å². The van der Waals surface area contributed by atoms with E-state index in [1.807, 2.05) is 0 Å². The standard InChI is InChI=1S/Cr.4H2O.Sb.Ti.3H/h;4*1H2;;;;;/q;;;;;;+4;;;/p-4. The molecule has 46 valence electrons. The summed E-state index contributed by atoms with van der Waals surface area (Å²) < 4.78 is 29.5. The Kier molecular flexibility index (Phi) is 13.8. The van der Waals surface area contributed by atoms with Crippen molar-refractivity contribution in [1.29, 1.82) is 0 Å². The molecule has 0 aromatic carbocycles. The summed E-state index contributed by atoms with van der Waals surface area (Å²) in [4.78, 5) is 0. The van der Waals surface area contributed by atoms with E-state index >= 15 is 0 Å². The van der Waals surface area contributed by atoms with Gasteiger partial charge in [0.25, 0.3) is 0 Å². The van der Waals surface area contributed by atoms with E-state index in [1.165, 1.54) is 0 Å². The Morgan fingerprint density at radius 3 is 0.857 bits per heavy atom. The number of hydrogen-bond donors (Lipinski definition) is 4. The predicted molar refractivity (Wildman–Crippen MR) is 18.8 cm³/mol. The first-order valence-electron chi connectivity index (χ1n) is 0.894. The summed E-state index contributed by atoms with van der Waals surface area (Å²) in [7, 11) is 0. The van der Waals surface area contributed by atoms with Crippen molar-refractivity contribution in [2.24, 2.45) is 0 Å². The second kappa shape index (κ2) is 6.03. The first-order chi connectivity index (χ1) is 2.00. The monoisotopic (exact) mass is 292 g/mol. The molecule has 0 spiro atoms. The van der Waals surface area contributed by atoms with Crippen molar-refractivity contribution in [3.63, 3.8) is 0 Å². The summed E-state index contributed by atoms with van der Waals surface area (Å²) in [5.41, 5.74) is 0. The van der Waals surface area contributed by atoms with Gasteiger partial charge in [0.2, 0.25) is 0 Å². The maximum atomic E-state index is 7.38. The minimum atomic E-state index is -5.00. The quantitative estimate of drug-likeness (QED) is 0.351. The van der Waals surface area contributed by atoms with Gasteiger partial charge in [-0.05, 0) is 0 Å². The van der Waals surface area contributed by atoms with Gasteiger partial charge in [-0.1, -0.05) is 0 Å². The Morgan fingerprint density at radius 2 is 0.857 bits per heavy atom. The number of rotatable bonds is 0. The molecule has 0 heterocycles.